The molecule has 0 fully saturated rings. The number of ether oxygens (including phenoxy) is 1. The Labute approximate surface area is 133 Å². The average molecular weight is 352 g/mol. The second-order valence-electron chi connectivity index (χ2n) is 4.93. The first kappa shape index (κ1) is 16.0. The lowest BCUT2D eigenvalue weighted by Gasteiger charge is -2.17. The number of hydrogen-bond acceptors (Lipinski definition) is 2. The van der Waals surface area contributed by atoms with Crippen LogP contribution in [-0.2, 0) is 6.42 Å². The van der Waals surface area contributed by atoms with Crippen LogP contribution in [0, 0.1) is 5.82 Å². The molecule has 0 amide bonds. The predicted molar refractivity (Wildman–Crippen MR) is 87.2 cm³/mol. The fourth-order valence-corrected chi connectivity index (χ4v) is 2.84. The standard InChI is InChI=1S/C17H19BrFNO/c1-20-17(13-9-14(18)11-15(19)10-13)8-5-12-3-6-16(21-2)7-4-12/h3-4,6-7,9-11,17,20H,5,8H2,1-2H3. The van der Waals surface area contributed by atoms with Crippen LogP contribution in [0.25, 0.3) is 0 Å². The molecule has 0 aliphatic rings. The molecule has 0 radical (unpaired) electrons. The lowest BCUT2D eigenvalue weighted by atomic mass is 9.99. The van der Waals surface area contributed by atoms with Crippen LogP contribution < -0.4 is 10.1 Å². The van der Waals surface area contributed by atoms with Gasteiger partial charge in [-0.15, -0.1) is 0 Å². The minimum absolute atomic E-state index is 0.124. The van der Waals surface area contributed by atoms with Crippen molar-refractivity contribution >= 4 is 15.9 Å². The van der Waals surface area contributed by atoms with Crippen LogP contribution in [0.2, 0.25) is 0 Å². The molecule has 4 heteroatoms. The molecule has 0 saturated heterocycles. The largest absolute Gasteiger partial charge is 0.497 e. The molecule has 1 N–H and O–H groups in total. The summed E-state index contributed by atoms with van der Waals surface area (Å²) in [6.07, 6.45) is 1.82. The van der Waals surface area contributed by atoms with E-state index < -0.39 is 0 Å². The molecular formula is C17H19BrFNO. The van der Waals surface area contributed by atoms with Crippen molar-refractivity contribution in [3.05, 3.63) is 63.9 Å². The van der Waals surface area contributed by atoms with E-state index in [-0.39, 0.29) is 11.9 Å². The van der Waals surface area contributed by atoms with Gasteiger partial charge in [-0.05, 0) is 61.3 Å². The van der Waals surface area contributed by atoms with Crippen molar-refractivity contribution in [1.82, 2.24) is 5.32 Å². The molecule has 2 aromatic rings. The normalized spacial score (nSPS) is 12.2. The van der Waals surface area contributed by atoms with Gasteiger partial charge in [0.15, 0.2) is 0 Å². The van der Waals surface area contributed by atoms with Crippen molar-refractivity contribution in [1.29, 1.82) is 0 Å². The van der Waals surface area contributed by atoms with Gasteiger partial charge < -0.3 is 10.1 Å². The van der Waals surface area contributed by atoms with E-state index in [1.54, 1.807) is 13.2 Å². The third kappa shape index (κ3) is 4.55. The fourth-order valence-electron chi connectivity index (χ4n) is 2.36. The summed E-state index contributed by atoms with van der Waals surface area (Å²) in [5.41, 5.74) is 2.20. The highest BCUT2D eigenvalue weighted by Crippen LogP contribution is 2.24. The summed E-state index contributed by atoms with van der Waals surface area (Å²) in [5, 5.41) is 3.25. The molecule has 0 heterocycles. The Bertz CT molecular complexity index is 566. The van der Waals surface area contributed by atoms with Crippen molar-refractivity contribution in [2.45, 2.75) is 18.9 Å². The van der Waals surface area contributed by atoms with E-state index in [1.165, 1.54) is 11.6 Å². The zero-order chi connectivity index (χ0) is 15.2. The van der Waals surface area contributed by atoms with E-state index in [1.807, 2.05) is 25.2 Å². The third-order valence-electron chi connectivity index (χ3n) is 3.52. The molecule has 0 bridgehead atoms. The van der Waals surface area contributed by atoms with Gasteiger partial charge in [0.25, 0.3) is 0 Å². The first-order valence-electron chi connectivity index (χ1n) is 6.88. The smallest absolute Gasteiger partial charge is 0.124 e. The van der Waals surface area contributed by atoms with Crippen LogP contribution in [0.3, 0.4) is 0 Å². The molecule has 2 rings (SSSR count). The fraction of sp³-hybridized carbons (Fsp3) is 0.294. The number of aryl methyl sites for hydroxylation is 1. The second kappa shape index (κ2) is 7.57. The Hall–Kier alpha value is -1.39. The second-order valence-corrected chi connectivity index (χ2v) is 5.85. The van der Waals surface area contributed by atoms with Gasteiger partial charge in [-0.1, -0.05) is 28.1 Å². The van der Waals surface area contributed by atoms with Gasteiger partial charge in [0.1, 0.15) is 11.6 Å². The Morgan fingerprint density at radius 3 is 2.48 bits per heavy atom. The molecule has 1 atom stereocenters. The SMILES string of the molecule is CNC(CCc1ccc(OC)cc1)c1cc(F)cc(Br)c1. The van der Waals surface area contributed by atoms with Crippen molar-refractivity contribution in [2.75, 3.05) is 14.2 Å². The summed E-state index contributed by atoms with van der Waals surface area (Å²) in [4.78, 5) is 0. The van der Waals surface area contributed by atoms with E-state index in [4.69, 9.17) is 4.74 Å². The average Bonchev–Trinajstić information content (AvgIpc) is 2.47. The number of nitrogens with one attached hydrogen (secondary N) is 1. The highest BCUT2D eigenvalue weighted by Gasteiger charge is 2.11. The molecule has 2 aromatic carbocycles. The summed E-state index contributed by atoms with van der Waals surface area (Å²) >= 11 is 3.34. The van der Waals surface area contributed by atoms with Crippen molar-refractivity contribution in [3.63, 3.8) is 0 Å². The first-order valence-corrected chi connectivity index (χ1v) is 7.68. The number of rotatable bonds is 6. The minimum Gasteiger partial charge on any atom is -0.497 e. The van der Waals surface area contributed by atoms with E-state index in [2.05, 4.69) is 33.4 Å². The molecule has 0 saturated carbocycles. The van der Waals surface area contributed by atoms with Crippen LogP contribution >= 0.6 is 15.9 Å². The van der Waals surface area contributed by atoms with Crippen LogP contribution in [-0.4, -0.2) is 14.2 Å². The topological polar surface area (TPSA) is 21.3 Å². The Morgan fingerprint density at radius 1 is 1.19 bits per heavy atom. The van der Waals surface area contributed by atoms with E-state index in [9.17, 15) is 4.39 Å². The van der Waals surface area contributed by atoms with Gasteiger partial charge in [-0.3, -0.25) is 0 Å². The number of benzene rings is 2. The van der Waals surface area contributed by atoms with Crippen molar-refractivity contribution < 1.29 is 9.13 Å². The Morgan fingerprint density at radius 2 is 1.90 bits per heavy atom. The summed E-state index contributed by atoms with van der Waals surface area (Å²) in [6, 6.07) is 13.2. The van der Waals surface area contributed by atoms with Crippen LogP contribution in [0.15, 0.2) is 46.9 Å². The maximum absolute atomic E-state index is 13.5. The minimum atomic E-state index is -0.218. The molecule has 0 spiro atoms. The van der Waals surface area contributed by atoms with E-state index in [0.29, 0.717) is 0 Å². The highest BCUT2D eigenvalue weighted by molar-refractivity contribution is 9.10. The Kier molecular flexibility index (Phi) is 5.76. The summed E-state index contributed by atoms with van der Waals surface area (Å²) in [7, 11) is 3.56. The van der Waals surface area contributed by atoms with Gasteiger partial charge in [-0.25, -0.2) is 4.39 Å². The van der Waals surface area contributed by atoms with Gasteiger partial charge in [0.05, 0.1) is 7.11 Å². The van der Waals surface area contributed by atoms with Gasteiger partial charge in [0, 0.05) is 10.5 Å². The number of halogens is 2. The summed E-state index contributed by atoms with van der Waals surface area (Å²) < 4.78 is 19.4. The molecule has 0 aliphatic carbocycles. The molecule has 112 valence electrons. The zero-order valence-electron chi connectivity index (χ0n) is 12.2. The van der Waals surface area contributed by atoms with Crippen molar-refractivity contribution in [3.8, 4) is 5.75 Å². The van der Waals surface area contributed by atoms with Crippen molar-refractivity contribution in [2.24, 2.45) is 0 Å². The summed E-state index contributed by atoms with van der Waals surface area (Å²) in [5.74, 6) is 0.641. The van der Waals surface area contributed by atoms with Gasteiger partial charge in [-0.2, -0.15) is 0 Å². The molecule has 0 aromatic heterocycles. The van der Waals surface area contributed by atoms with Crippen LogP contribution in [0.1, 0.15) is 23.6 Å². The van der Waals surface area contributed by atoms with Crippen LogP contribution in [0.4, 0.5) is 4.39 Å². The lowest BCUT2D eigenvalue weighted by Crippen LogP contribution is -2.17. The maximum atomic E-state index is 13.5. The highest BCUT2D eigenvalue weighted by atomic mass is 79.9. The van der Waals surface area contributed by atoms with E-state index in [0.717, 1.165) is 28.6 Å². The van der Waals surface area contributed by atoms with Crippen LogP contribution in [0.5, 0.6) is 5.75 Å². The predicted octanol–water partition coefficient (Wildman–Crippen LogP) is 4.49. The quantitative estimate of drug-likeness (QED) is 0.827. The third-order valence-corrected chi connectivity index (χ3v) is 3.97. The maximum Gasteiger partial charge on any atom is 0.124 e. The monoisotopic (exact) mass is 351 g/mol. The number of hydrogen-bond donors (Lipinski definition) is 1. The molecule has 0 aliphatic heterocycles. The molecule has 1 unspecified atom stereocenters. The summed E-state index contributed by atoms with van der Waals surface area (Å²) in [6.45, 7) is 0. The zero-order valence-corrected chi connectivity index (χ0v) is 13.8. The van der Waals surface area contributed by atoms with E-state index >= 15 is 0 Å². The Balaban J connectivity index is 2.04. The number of methoxy groups -OCH3 is 1. The molecule has 2 nitrogen and oxygen atoms in total. The lowest BCUT2D eigenvalue weighted by molar-refractivity contribution is 0.414. The molecule has 21 heavy (non-hydrogen) atoms. The first-order chi connectivity index (χ1) is 10.1. The van der Waals surface area contributed by atoms with Gasteiger partial charge in [0.2, 0.25) is 0 Å². The molecular weight excluding hydrogens is 333 g/mol. The van der Waals surface area contributed by atoms with Gasteiger partial charge >= 0.3 is 0 Å².